The smallest absolute Gasteiger partial charge is 0.153 e. The number of hydrogen-bond acceptors (Lipinski definition) is 3. The first kappa shape index (κ1) is 7.42. The van der Waals surface area contributed by atoms with Crippen molar-refractivity contribution in [3.8, 4) is 0 Å². The predicted octanol–water partition coefficient (Wildman–Crippen LogP) is 0.370. The van der Waals surface area contributed by atoms with Crippen LogP contribution in [-0.2, 0) is 14.4 Å². The van der Waals surface area contributed by atoms with Gasteiger partial charge in [-0.3, -0.25) is 14.4 Å². The molecule has 4 aliphatic rings. The summed E-state index contributed by atoms with van der Waals surface area (Å²) in [5.74, 6) is -0.592. The van der Waals surface area contributed by atoms with Crippen molar-refractivity contribution in [3.05, 3.63) is 0 Å². The minimum atomic E-state index is -0.403. The molecule has 13 heavy (non-hydrogen) atoms. The molecule has 68 valence electrons. The summed E-state index contributed by atoms with van der Waals surface area (Å²) in [6, 6.07) is 0. The van der Waals surface area contributed by atoms with Gasteiger partial charge in [-0.05, 0) is 19.3 Å². The first-order valence-electron chi connectivity index (χ1n) is 4.79. The zero-order chi connectivity index (χ0) is 9.16. The van der Waals surface area contributed by atoms with E-state index in [1.54, 1.807) is 0 Å². The van der Waals surface area contributed by atoms with Crippen LogP contribution in [0.25, 0.3) is 0 Å². The van der Waals surface area contributed by atoms with Crippen molar-refractivity contribution in [1.29, 1.82) is 0 Å². The third-order valence-corrected chi connectivity index (χ3v) is 3.79. The van der Waals surface area contributed by atoms with Gasteiger partial charge in [0.15, 0.2) is 5.78 Å². The van der Waals surface area contributed by atoms with Gasteiger partial charge in [-0.15, -0.1) is 0 Å². The summed E-state index contributed by atoms with van der Waals surface area (Å²) >= 11 is 0. The fraction of sp³-hybridized carbons (Fsp3) is 0.700. The Hall–Kier alpha value is -0.990. The molecule has 0 saturated heterocycles. The van der Waals surface area contributed by atoms with Crippen molar-refractivity contribution >= 4 is 17.3 Å². The normalized spacial score (nSPS) is 47.5. The summed E-state index contributed by atoms with van der Waals surface area (Å²) in [5.41, 5.74) is 0. The molecule has 0 radical (unpaired) electrons. The van der Waals surface area contributed by atoms with E-state index >= 15 is 0 Å². The van der Waals surface area contributed by atoms with Gasteiger partial charge in [-0.1, -0.05) is 0 Å². The number of rotatable bonds is 0. The molecule has 4 fully saturated rings. The minimum Gasteiger partial charge on any atom is -0.299 e. The van der Waals surface area contributed by atoms with Gasteiger partial charge in [0, 0.05) is 11.8 Å². The van der Waals surface area contributed by atoms with Crippen LogP contribution in [0.3, 0.4) is 0 Å². The zero-order valence-electron chi connectivity index (χ0n) is 7.16. The van der Waals surface area contributed by atoms with E-state index in [1.165, 1.54) is 0 Å². The maximum absolute atomic E-state index is 11.6. The van der Waals surface area contributed by atoms with Crippen LogP contribution in [0.15, 0.2) is 0 Å². The van der Waals surface area contributed by atoms with Crippen LogP contribution in [0, 0.1) is 23.7 Å². The molecule has 0 unspecified atom stereocenters. The molecular formula is C10H10O3. The van der Waals surface area contributed by atoms with Crippen molar-refractivity contribution in [2.45, 2.75) is 19.3 Å². The van der Waals surface area contributed by atoms with E-state index in [9.17, 15) is 14.4 Å². The lowest BCUT2D eigenvalue weighted by Gasteiger charge is -2.45. The highest BCUT2D eigenvalue weighted by Crippen LogP contribution is 2.47. The summed E-state index contributed by atoms with van der Waals surface area (Å²) in [5, 5.41) is 0. The number of carbonyl (C=O) groups excluding carboxylic acids is 3. The summed E-state index contributed by atoms with van der Waals surface area (Å²) in [4.78, 5) is 34.7. The van der Waals surface area contributed by atoms with Gasteiger partial charge >= 0.3 is 0 Å². The average molecular weight is 178 g/mol. The van der Waals surface area contributed by atoms with Crippen molar-refractivity contribution < 1.29 is 14.4 Å². The van der Waals surface area contributed by atoms with Crippen LogP contribution in [0.4, 0.5) is 0 Å². The van der Waals surface area contributed by atoms with Gasteiger partial charge in [0.1, 0.15) is 11.6 Å². The first-order valence-corrected chi connectivity index (χ1v) is 4.79. The molecule has 3 heteroatoms. The van der Waals surface area contributed by atoms with Crippen LogP contribution in [-0.4, -0.2) is 17.3 Å². The highest BCUT2D eigenvalue weighted by Gasteiger charge is 2.56. The van der Waals surface area contributed by atoms with E-state index in [-0.39, 0.29) is 29.2 Å². The fourth-order valence-electron chi connectivity index (χ4n) is 3.13. The van der Waals surface area contributed by atoms with Crippen molar-refractivity contribution in [3.63, 3.8) is 0 Å². The monoisotopic (exact) mass is 178 g/mol. The second kappa shape index (κ2) is 2.08. The number of ketones is 3. The molecule has 0 aliphatic heterocycles. The third kappa shape index (κ3) is 0.729. The zero-order valence-corrected chi connectivity index (χ0v) is 7.16. The number of carbonyl (C=O) groups is 3. The molecule has 3 nitrogen and oxygen atoms in total. The second-order valence-electron chi connectivity index (χ2n) is 4.41. The molecule has 4 aliphatic carbocycles. The highest BCUT2D eigenvalue weighted by molar-refractivity contribution is 6.18. The van der Waals surface area contributed by atoms with Crippen molar-refractivity contribution in [2.24, 2.45) is 23.7 Å². The van der Waals surface area contributed by atoms with Gasteiger partial charge in [-0.25, -0.2) is 0 Å². The SMILES string of the molecule is O=C1[C@H]2C[C@H]3C[C@@H]1C(=O)[C@@H](C2)C3=O. The number of Topliss-reactive ketones (excluding diaryl/α,β-unsaturated/α-hetero) is 3. The highest BCUT2D eigenvalue weighted by atomic mass is 16.2. The Morgan fingerprint density at radius 2 is 1.15 bits per heavy atom. The minimum absolute atomic E-state index is 0.0316. The topological polar surface area (TPSA) is 51.2 Å². The molecule has 4 atom stereocenters. The van der Waals surface area contributed by atoms with E-state index in [1.807, 2.05) is 0 Å². The average Bonchev–Trinajstić information content (AvgIpc) is 2.10. The summed E-state index contributed by atoms with van der Waals surface area (Å²) in [7, 11) is 0. The Balaban J connectivity index is 2.08. The van der Waals surface area contributed by atoms with Gasteiger partial charge in [0.2, 0.25) is 0 Å². The Morgan fingerprint density at radius 3 is 1.62 bits per heavy atom. The van der Waals surface area contributed by atoms with E-state index in [4.69, 9.17) is 0 Å². The Kier molecular flexibility index (Phi) is 1.19. The van der Waals surface area contributed by atoms with Crippen LogP contribution < -0.4 is 0 Å². The van der Waals surface area contributed by atoms with E-state index < -0.39 is 11.8 Å². The molecule has 0 aromatic rings. The first-order chi connectivity index (χ1) is 6.18. The summed E-state index contributed by atoms with van der Waals surface area (Å²) in [6.07, 6.45) is 1.75. The van der Waals surface area contributed by atoms with Gasteiger partial charge in [-0.2, -0.15) is 0 Å². The van der Waals surface area contributed by atoms with Gasteiger partial charge in [0.25, 0.3) is 0 Å². The molecule has 0 N–H and O–H groups in total. The molecule has 0 aromatic carbocycles. The Bertz CT molecular complexity index is 301. The predicted molar refractivity (Wildman–Crippen MR) is 42.8 cm³/mol. The largest absolute Gasteiger partial charge is 0.299 e. The van der Waals surface area contributed by atoms with Crippen LogP contribution in [0.1, 0.15) is 19.3 Å². The van der Waals surface area contributed by atoms with Crippen LogP contribution >= 0.6 is 0 Å². The molecule has 4 saturated carbocycles. The van der Waals surface area contributed by atoms with Crippen LogP contribution in [0.2, 0.25) is 0 Å². The molecule has 0 heterocycles. The molecular weight excluding hydrogens is 168 g/mol. The Labute approximate surface area is 75.5 Å². The van der Waals surface area contributed by atoms with Crippen molar-refractivity contribution in [2.75, 3.05) is 0 Å². The van der Waals surface area contributed by atoms with E-state index in [2.05, 4.69) is 0 Å². The fourth-order valence-corrected chi connectivity index (χ4v) is 3.13. The van der Waals surface area contributed by atoms with E-state index in [0.29, 0.717) is 12.8 Å². The maximum Gasteiger partial charge on any atom is 0.153 e. The summed E-state index contributed by atoms with van der Waals surface area (Å²) < 4.78 is 0. The number of hydrogen-bond donors (Lipinski definition) is 0. The van der Waals surface area contributed by atoms with Gasteiger partial charge < -0.3 is 0 Å². The molecule has 0 spiro atoms. The molecule has 4 rings (SSSR count). The molecule has 0 aromatic heterocycles. The van der Waals surface area contributed by atoms with Crippen molar-refractivity contribution in [1.82, 2.24) is 0 Å². The Morgan fingerprint density at radius 1 is 0.692 bits per heavy atom. The quantitative estimate of drug-likeness (QED) is 0.503. The van der Waals surface area contributed by atoms with E-state index in [0.717, 1.165) is 6.42 Å². The molecule has 0 amide bonds. The van der Waals surface area contributed by atoms with Gasteiger partial charge in [0.05, 0.1) is 11.8 Å². The van der Waals surface area contributed by atoms with Crippen LogP contribution in [0.5, 0.6) is 0 Å². The molecule has 4 bridgehead atoms. The second-order valence-corrected chi connectivity index (χ2v) is 4.41. The maximum atomic E-state index is 11.6. The standard InChI is InChI=1S/C10H10O3/c11-8-4-1-5-3-7(8)10(13)6(2-4)9(5)12/h4-7H,1-3H2/t4-,5-,6-,7-/m0/s1. The summed E-state index contributed by atoms with van der Waals surface area (Å²) in [6.45, 7) is 0. The lowest BCUT2D eigenvalue weighted by molar-refractivity contribution is -0.159. The lowest BCUT2D eigenvalue weighted by atomic mass is 9.54. The lowest BCUT2D eigenvalue weighted by Crippen LogP contribution is -2.56. The third-order valence-electron chi connectivity index (χ3n) is 3.79.